The van der Waals surface area contributed by atoms with Crippen molar-refractivity contribution < 1.29 is 24.5 Å². The number of hydrogen-bond acceptors (Lipinski definition) is 5. The summed E-state index contributed by atoms with van der Waals surface area (Å²) in [6.07, 6.45) is 3.51. The summed E-state index contributed by atoms with van der Waals surface area (Å²) >= 11 is 0. The summed E-state index contributed by atoms with van der Waals surface area (Å²) < 4.78 is 6.91. The van der Waals surface area contributed by atoms with Crippen molar-refractivity contribution in [1.82, 2.24) is 9.78 Å². The molecule has 3 rings (SSSR count). The second-order valence-electron chi connectivity index (χ2n) is 5.60. The quantitative estimate of drug-likeness (QED) is 0.773. The van der Waals surface area contributed by atoms with E-state index >= 15 is 0 Å². The monoisotopic (exact) mass is 333 g/mol. The van der Waals surface area contributed by atoms with Crippen LogP contribution in [0.1, 0.15) is 26.3 Å². The van der Waals surface area contributed by atoms with Crippen LogP contribution in [0.2, 0.25) is 0 Å². The van der Waals surface area contributed by atoms with Crippen LogP contribution in [0.3, 0.4) is 0 Å². The van der Waals surface area contributed by atoms with E-state index in [-0.39, 0.29) is 11.1 Å². The van der Waals surface area contributed by atoms with Crippen molar-refractivity contribution in [2.24, 2.45) is 5.92 Å². The molecule has 1 saturated heterocycles. The molecule has 2 aromatic rings. The van der Waals surface area contributed by atoms with Gasteiger partial charge in [0.1, 0.15) is 0 Å². The van der Waals surface area contributed by atoms with Gasteiger partial charge >= 0.3 is 11.9 Å². The Kier molecular flexibility index (Phi) is 5.54. The molecule has 0 saturated carbocycles. The molecule has 0 aliphatic carbocycles. The van der Waals surface area contributed by atoms with E-state index < -0.39 is 11.9 Å². The molecular formula is C16H19N3O5. The fraction of sp³-hybridized carbons (Fsp3) is 0.312. The van der Waals surface area contributed by atoms with Gasteiger partial charge in [-0.1, -0.05) is 0 Å². The van der Waals surface area contributed by atoms with E-state index in [1.807, 2.05) is 10.9 Å². The maximum atomic E-state index is 10.5. The molecular weight excluding hydrogens is 314 g/mol. The zero-order valence-electron chi connectivity index (χ0n) is 13.2. The average Bonchev–Trinajstić information content (AvgIpc) is 2.88. The van der Waals surface area contributed by atoms with Crippen molar-refractivity contribution in [2.75, 3.05) is 18.9 Å². The zero-order chi connectivity index (χ0) is 17.7. The molecule has 0 bridgehead atoms. The summed E-state index contributed by atoms with van der Waals surface area (Å²) in [4.78, 5) is 21.1. The lowest BCUT2D eigenvalue weighted by atomic mass is 10.1. The lowest BCUT2D eigenvalue weighted by Crippen LogP contribution is -2.31. The number of ether oxygens (including phenoxy) is 1. The van der Waals surface area contributed by atoms with E-state index in [4.69, 9.17) is 20.7 Å². The van der Waals surface area contributed by atoms with E-state index in [0.29, 0.717) is 11.5 Å². The van der Waals surface area contributed by atoms with Crippen molar-refractivity contribution in [3.05, 3.63) is 47.3 Å². The predicted molar refractivity (Wildman–Crippen MR) is 86.0 cm³/mol. The maximum Gasteiger partial charge on any atom is 0.335 e. The van der Waals surface area contributed by atoms with Gasteiger partial charge in [-0.25, -0.2) is 9.59 Å². The Balaban J connectivity index is 0.000000175. The minimum atomic E-state index is -1.12. The predicted octanol–water partition coefficient (Wildman–Crippen LogP) is 1.50. The highest BCUT2D eigenvalue weighted by Crippen LogP contribution is 2.12. The minimum Gasteiger partial charge on any atom is -0.478 e. The Labute approximate surface area is 138 Å². The molecule has 1 aliphatic rings. The van der Waals surface area contributed by atoms with Gasteiger partial charge in [0.05, 0.1) is 36.2 Å². The van der Waals surface area contributed by atoms with Gasteiger partial charge in [-0.2, -0.15) is 5.10 Å². The number of hydrogen-bond donors (Lipinski definition) is 3. The second kappa shape index (κ2) is 7.60. The third-order valence-electron chi connectivity index (χ3n) is 3.38. The van der Waals surface area contributed by atoms with Crippen molar-refractivity contribution in [3.8, 4) is 0 Å². The van der Waals surface area contributed by atoms with Crippen molar-refractivity contribution in [2.45, 2.75) is 13.5 Å². The molecule has 1 fully saturated rings. The number of carboxylic acid groups (broad SMARTS) is 2. The van der Waals surface area contributed by atoms with Crippen LogP contribution in [0.5, 0.6) is 0 Å². The number of carbonyl (C=O) groups is 2. The van der Waals surface area contributed by atoms with Crippen LogP contribution in [0.25, 0.3) is 0 Å². The summed E-state index contributed by atoms with van der Waals surface area (Å²) in [5.41, 5.74) is 6.84. The van der Waals surface area contributed by atoms with Crippen molar-refractivity contribution >= 4 is 17.6 Å². The van der Waals surface area contributed by atoms with Crippen LogP contribution in [-0.4, -0.2) is 45.1 Å². The highest BCUT2D eigenvalue weighted by molar-refractivity contribution is 5.94. The van der Waals surface area contributed by atoms with Crippen LogP contribution in [0, 0.1) is 12.8 Å². The van der Waals surface area contributed by atoms with E-state index in [0.717, 1.165) is 31.5 Å². The van der Waals surface area contributed by atoms with Crippen LogP contribution in [0.4, 0.5) is 5.69 Å². The van der Waals surface area contributed by atoms with Gasteiger partial charge in [0, 0.05) is 18.7 Å². The van der Waals surface area contributed by atoms with Gasteiger partial charge in [-0.15, -0.1) is 0 Å². The first kappa shape index (κ1) is 17.5. The van der Waals surface area contributed by atoms with Gasteiger partial charge in [0.15, 0.2) is 0 Å². The molecule has 1 aliphatic heterocycles. The fourth-order valence-corrected chi connectivity index (χ4v) is 2.16. The molecule has 0 spiro atoms. The van der Waals surface area contributed by atoms with Crippen LogP contribution < -0.4 is 5.73 Å². The lowest BCUT2D eigenvalue weighted by molar-refractivity contribution is -0.0408. The first-order chi connectivity index (χ1) is 11.3. The largest absolute Gasteiger partial charge is 0.478 e. The molecule has 1 aromatic carbocycles. The Morgan fingerprint density at radius 1 is 1.25 bits per heavy atom. The van der Waals surface area contributed by atoms with Gasteiger partial charge in [0.25, 0.3) is 0 Å². The van der Waals surface area contributed by atoms with Gasteiger partial charge in [0.2, 0.25) is 0 Å². The van der Waals surface area contributed by atoms with Gasteiger partial charge < -0.3 is 20.7 Å². The number of nitrogen functional groups attached to an aromatic ring is 1. The van der Waals surface area contributed by atoms with E-state index in [2.05, 4.69) is 5.10 Å². The molecule has 0 amide bonds. The third-order valence-corrected chi connectivity index (χ3v) is 3.38. The average molecular weight is 333 g/mol. The Morgan fingerprint density at radius 2 is 1.83 bits per heavy atom. The summed E-state index contributed by atoms with van der Waals surface area (Å²) in [5.74, 6) is -1.60. The Morgan fingerprint density at radius 3 is 2.21 bits per heavy atom. The van der Waals surface area contributed by atoms with Gasteiger partial charge in [-0.3, -0.25) is 4.68 Å². The zero-order valence-corrected chi connectivity index (χ0v) is 13.2. The number of aryl methyl sites for hydroxylation is 1. The fourth-order valence-electron chi connectivity index (χ4n) is 2.16. The number of anilines is 1. The number of rotatable bonds is 4. The van der Waals surface area contributed by atoms with Gasteiger partial charge in [-0.05, 0) is 30.7 Å². The standard InChI is InChI=1S/C9H8O4.C7H11N3O/c1-5-2-6(8(10)11)4-7(3-5)9(12)13;8-7-1-9-10(3-7)2-6-4-11-5-6/h2-4H,1H3,(H,10,11)(H,12,13);1,3,6H,2,4-5,8H2. The summed E-state index contributed by atoms with van der Waals surface area (Å²) in [5, 5.41) is 21.3. The second-order valence-corrected chi connectivity index (χ2v) is 5.60. The first-order valence-electron chi connectivity index (χ1n) is 7.29. The SMILES string of the molecule is Cc1cc(C(=O)O)cc(C(=O)O)c1.Nc1cnn(CC2COC2)c1. The highest BCUT2D eigenvalue weighted by atomic mass is 16.5. The molecule has 0 atom stereocenters. The molecule has 0 unspecified atom stereocenters. The third kappa shape index (κ3) is 4.82. The molecule has 8 nitrogen and oxygen atoms in total. The first-order valence-corrected chi connectivity index (χ1v) is 7.29. The van der Waals surface area contributed by atoms with Crippen LogP contribution >= 0.6 is 0 Å². The highest BCUT2D eigenvalue weighted by Gasteiger charge is 2.18. The molecule has 24 heavy (non-hydrogen) atoms. The van der Waals surface area contributed by atoms with Crippen molar-refractivity contribution in [1.29, 1.82) is 0 Å². The number of aromatic nitrogens is 2. The van der Waals surface area contributed by atoms with Crippen LogP contribution in [-0.2, 0) is 11.3 Å². The summed E-state index contributed by atoms with van der Waals surface area (Å²) in [6, 6.07) is 3.99. The maximum absolute atomic E-state index is 10.5. The number of carboxylic acids is 2. The van der Waals surface area contributed by atoms with E-state index in [1.54, 1.807) is 13.1 Å². The Bertz CT molecular complexity index is 705. The molecule has 1 aromatic heterocycles. The number of benzene rings is 1. The minimum absolute atomic E-state index is 0.00241. The number of aromatic carboxylic acids is 2. The summed E-state index contributed by atoms with van der Waals surface area (Å²) in [7, 11) is 0. The smallest absolute Gasteiger partial charge is 0.335 e. The number of nitrogens with zero attached hydrogens (tertiary/aromatic N) is 2. The Hall–Kier alpha value is -2.87. The molecule has 0 radical (unpaired) electrons. The molecule has 4 N–H and O–H groups in total. The van der Waals surface area contributed by atoms with Crippen LogP contribution in [0.15, 0.2) is 30.6 Å². The lowest BCUT2D eigenvalue weighted by Gasteiger charge is -2.25. The molecule has 2 heterocycles. The molecule has 8 heteroatoms. The topological polar surface area (TPSA) is 128 Å². The normalized spacial score (nSPS) is 13.5. The molecule has 128 valence electrons. The number of nitrogens with two attached hydrogens (primary N) is 1. The van der Waals surface area contributed by atoms with E-state index in [9.17, 15) is 9.59 Å². The van der Waals surface area contributed by atoms with E-state index in [1.165, 1.54) is 12.1 Å². The van der Waals surface area contributed by atoms with Crippen molar-refractivity contribution in [3.63, 3.8) is 0 Å². The summed E-state index contributed by atoms with van der Waals surface area (Å²) in [6.45, 7) is 4.30.